The first-order chi connectivity index (χ1) is 10.1. The van der Waals surface area contributed by atoms with Gasteiger partial charge in [-0.3, -0.25) is 4.79 Å². The van der Waals surface area contributed by atoms with Crippen molar-refractivity contribution in [2.75, 3.05) is 27.4 Å². The SMILES string of the molecule is COc1ccccc1CN(C)C(=O)C(N)C1CCOCC1. The lowest BCUT2D eigenvalue weighted by atomic mass is 9.91. The molecule has 1 aromatic rings. The van der Waals surface area contributed by atoms with Gasteiger partial charge < -0.3 is 20.1 Å². The van der Waals surface area contributed by atoms with E-state index in [4.69, 9.17) is 15.2 Å². The molecule has 0 aromatic heterocycles. The molecule has 0 radical (unpaired) electrons. The smallest absolute Gasteiger partial charge is 0.239 e. The van der Waals surface area contributed by atoms with Crippen LogP contribution in [0.25, 0.3) is 0 Å². The van der Waals surface area contributed by atoms with Gasteiger partial charge in [-0.25, -0.2) is 0 Å². The van der Waals surface area contributed by atoms with Crippen LogP contribution in [0.5, 0.6) is 5.75 Å². The van der Waals surface area contributed by atoms with E-state index < -0.39 is 6.04 Å². The van der Waals surface area contributed by atoms with Gasteiger partial charge in [0.2, 0.25) is 5.91 Å². The molecule has 21 heavy (non-hydrogen) atoms. The van der Waals surface area contributed by atoms with Crippen LogP contribution in [0.4, 0.5) is 0 Å². The molecule has 1 aliphatic rings. The zero-order valence-corrected chi connectivity index (χ0v) is 12.7. The van der Waals surface area contributed by atoms with E-state index in [1.165, 1.54) is 0 Å². The predicted octanol–water partition coefficient (Wildman–Crippen LogP) is 1.41. The van der Waals surface area contributed by atoms with Crippen molar-refractivity contribution in [1.29, 1.82) is 0 Å². The summed E-state index contributed by atoms with van der Waals surface area (Å²) in [6, 6.07) is 7.26. The summed E-state index contributed by atoms with van der Waals surface area (Å²) in [6.45, 7) is 1.89. The first kappa shape index (κ1) is 15.8. The second-order valence-corrected chi connectivity index (χ2v) is 5.48. The normalized spacial score (nSPS) is 17.3. The summed E-state index contributed by atoms with van der Waals surface area (Å²) in [4.78, 5) is 14.1. The quantitative estimate of drug-likeness (QED) is 0.891. The third kappa shape index (κ3) is 3.95. The Hall–Kier alpha value is -1.59. The average Bonchev–Trinajstić information content (AvgIpc) is 2.54. The first-order valence-electron chi connectivity index (χ1n) is 7.33. The van der Waals surface area contributed by atoms with Crippen LogP contribution >= 0.6 is 0 Å². The lowest BCUT2D eigenvalue weighted by molar-refractivity contribution is -0.133. The maximum Gasteiger partial charge on any atom is 0.239 e. The second-order valence-electron chi connectivity index (χ2n) is 5.48. The summed E-state index contributed by atoms with van der Waals surface area (Å²) in [5.41, 5.74) is 7.12. The fourth-order valence-corrected chi connectivity index (χ4v) is 2.70. The van der Waals surface area contributed by atoms with Crippen molar-refractivity contribution in [3.8, 4) is 5.75 Å². The van der Waals surface area contributed by atoms with Crippen LogP contribution in [0.3, 0.4) is 0 Å². The van der Waals surface area contributed by atoms with Crippen LogP contribution in [-0.4, -0.2) is 44.2 Å². The Morgan fingerprint density at radius 3 is 2.76 bits per heavy atom. The lowest BCUT2D eigenvalue weighted by Gasteiger charge is -2.30. The van der Waals surface area contributed by atoms with Crippen molar-refractivity contribution in [2.24, 2.45) is 11.7 Å². The Balaban J connectivity index is 1.98. The van der Waals surface area contributed by atoms with Gasteiger partial charge in [-0.05, 0) is 24.8 Å². The van der Waals surface area contributed by atoms with Crippen LogP contribution in [-0.2, 0) is 16.1 Å². The molecule has 0 aliphatic carbocycles. The molecule has 2 rings (SSSR count). The maximum atomic E-state index is 12.5. The minimum atomic E-state index is -0.450. The van der Waals surface area contributed by atoms with Gasteiger partial charge in [0.25, 0.3) is 0 Å². The highest BCUT2D eigenvalue weighted by atomic mass is 16.5. The third-order valence-electron chi connectivity index (χ3n) is 4.04. The second kappa shape index (κ2) is 7.43. The van der Waals surface area contributed by atoms with Gasteiger partial charge in [0.1, 0.15) is 5.75 Å². The molecular weight excluding hydrogens is 268 g/mol. The topological polar surface area (TPSA) is 64.8 Å². The number of ether oxygens (including phenoxy) is 2. The number of benzene rings is 1. The number of nitrogens with zero attached hydrogens (tertiary/aromatic N) is 1. The summed E-state index contributed by atoms with van der Waals surface area (Å²) >= 11 is 0. The molecule has 0 bridgehead atoms. The highest BCUT2D eigenvalue weighted by molar-refractivity contribution is 5.81. The van der Waals surface area contributed by atoms with Crippen LogP contribution < -0.4 is 10.5 Å². The van der Waals surface area contributed by atoms with E-state index in [9.17, 15) is 4.79 Å². The molecule has 5 nitrogen and oxygen atoms in total. The van der Waals surface area contributed by atoms with Crippen LogP contribution in [0.2, 0.25) is 0 Å². The van der Waals surface area contributed by atoms with Crippen molar-refractivity contribution < 1.29 is 14.3 Å². The number of carbonyl (C=O) groups excluding carboxylic acids is 1. The Bertz CT molecular complexity index is 472. The summed E-state index contributed by atoms with van der Waals surface area (Å²) < 4.78 is 10.6. The van der Waals surface area contributed by atoms with E-state index in [2.05, 4.69) is 0 Å². The number of amides is 1. The Morgan fingerprint density at radius 2 is 2.10 bits per heavy atom. The van der Waals surface area contributed by atoms with E-state index in [1.807, 2.05) is 24.3 Å². The summed E-state index contributed by atoms with van der Waals surface area (Å²) in [5, 5.41) is 0. The van der Waals surface area contributed by atoms with Crippen molar-refractivity contribution in [3.05, 3.63) is 29.8 Å². The number of nitrogens with two attached hydrogens (primary N) is 1. The minimum absolute atomic E-state index is 0.0205. The predicted molar refractivity (Wildman–Crippen MR) is 81.0 cm³/mol. The molecule has 1 atom stereocenters. The van der Waals surface area contributed by atoms with Crippen LogP contribution in [0, 0.1) is 5.92 Å². The fraction of sp³-hybridized carbons (Fsp3) is 0.562. The molecule has 116 valence electrons. The summed E-state index contributed by atoms with van der Waals surface area (Å²) in [6.07, 6.45) is 1.71. The number of likely N-dealkylation sites (N-methyl/N-ethyl adjacent to an activating group) is 1. The Labute approximate surface area is 126 Å². The minimum Gasteiger partial charge on any atom is -0.496 e. The van der Waals surface area contributed by atoms with Gasteiger partial charge in [0.15, 0.2) is 0 Å². The largest absolute Gasteiger partial charge is 0.496 e. The van der Waals surface area contributed by atoms with E-state index in [1.54, 1.807) is 19.1 Å². The highest BCUT2D eigenvalue weighted by Gasteiger charge is 2.28. The number of methoxy groups -OCH3 is 1. The summed E-state index contributed by atoms with van der Waals surface area (Å²) in [7, 11) is 3.42. The third-order valence-corrected chi connectivity index (χ3v) is 4.04. The van der Waals surface area contributed by atoms with E-state index in [0.717, 1.165) is 24.2 Å². The maximum absolute atomic E-state index is 12.5. The molecule has 1 unspecified atom stereocenters. The van der Waals surface area contributed by atoms with Gasteiger partial charge in [-0.15, -0.1) is 0 Å². The van der Waals surface area contributed by atoms with Gasteiger partial charge >= 0.3 is 0 Å². The van der Waals surface area contributed by atoms with E-state index in [-0.39, 0.29) is 11.8 Å². The zero-order valence-electron chi connectivity index (χ0n) is 12.7. The van der Waals surface area contributed by atoms with Crippen molar-refractivity contribution in [3.63, 3.8) is 0 Å². The molecular formula is C16H24N2O3. The van der Waals surface area contributed by atoms with Crippen LogP contribution in [0.1, 0.15) is 18.4 Å². The highest BCUT2D eigenvalue weighted by Crippen LogP contribution is 2.21. The van der Waals surface area contributed by atoms with Gasteiger partial charge in [0.05, 0.1) is 13.2 Å². The molecule has 5 heteroatoms. The number of hydrogen-bond acceptors (Lipinski definition) is 4. The first-order valence-corrected chi connectivity index (χ1v) is 7.33. The zero-order chi connectivity index (χ0) is 15.2. The Morgan fingerprint density at radius 1 is 1.43 bits per heavy atom. The molecule has 0 saturated carbocycles. The molecule has 2 N–H and O–H groups in total. The van der Waals surface area contributed by atoms with Gasteiger partial charge in [0, 0.05) is 32.4 Å². The van der Waals surface area contributed by atoms with E-state index in [0.29, 0.717) is 19.8 Å². The van der Waals surface area contributed by atoms with Gasteiger partial charge in [-0.2, -0.15) is 0 Å². The molecule has 1 amide bonds. The van der Waals surface area contributed by atoms with Crippen molar-refractivity contribution in [1.82, 2.24) is 4.90 Å². The van der Waals surface area contributed by atoms with Crippen LogP contribution in [0.15, 0.2) is 24.3 Å². The molecule has 1 aliphatic heterocycles. The van der Waals surface area contributed by atoms with Crippen molar-refractivity contribution in [2.45, 2.75) is 25.4 Å². The number of carbonyl (C=O) groups is 1. The molecule has 1 heterocycles. The number of para-hydroxylation sites is 1. The number of hydrogen-bond donors (Lipinski definition) is 1. The lowest BCUT2D eigenvalue weighted by Crippen LogP contribution is -2.47. The van der Waals surface area contributed by atoms with Gasteiger partial charge in [-0.1, -0.05) is 18.2 Å². The van der Waals surface area contributed by atoms with E-state index >= 15 is 0 Å². The average molecular weight is 292 g/mol. The Kier molecular flexibility index (Phi) is 5.59. The van der Waals surface area contributed by atoms with Crippen molar-refractivity contribution >= 4 is 5.91 Å². The molecule has 1 fully saturated rings. The molecule has 1 aromatic carbocycles. The fourth-order valence-electron chi connectivity index (χ4n) is 2.70. The number of rotatable bonds is 5. The molecule has 1 saturated heterocycles. The molecule has 0 spiro atoms. The summed E-state index contributed by atoms with van der Waals surface area (Å²) in [5.74, 6) is 0.982. The standard InChI is InChI=1S/C16H24N2O3/c1-18(11-13-5-3-4-6-14(13)20-2)16(19)15(17)12-7-9-21-10-8-12/h3-6,12,15H,7-11,17H2,1-2H3. The monoisotopic (exact) mass is 292 g/mol.